The van der Waals surface area contributed by atoms with Crippen LogP contribution in [0, 0.1) is 22.7 Å². The van der Waals surface area contributed by atoms with Crippen LogP contribution in [0.15, 0.2) is 35.5 Å². The van der Waals surface area contributed by atoms with Gasteiger partial charge in [0.15, 0.2) is 0 Å². The molecule has 0 radical (unpaired) electrons. The van der Waals surface area contributed by atoms with Gasteiger partial charge in [0, 0.05) is 18.6 Å². The summed E-state index contributed by atoms with van der Waals surface area (Å²) in [5.41, 5.74) is 3.12. The summed E-state index contributed by atoms with van der Waals surface area (Å²) >= 11 is 0. The molecular weight excluding hydrogens is 404 g/mol. The van der Waals surface area contributed by atoms with E-state index in [1.54, 1.807) is 0 Å². The molecule has 178 valence electrons. The Morgan fingerprint density at radius 2 is 2.06 bits per heavy atom. The molecule has 5 nitrogen and oxygen atoms in total. The van der Waals surface area contributed by atoms with Crippen molar-refractivity contribution < 1.29 is 24.2 Å². The summed E-state index contributed by atoms with van der Waals surface area (Å²) in [5.74, 6) is -0.114. The lowest BCUT2D eigenvalue weighted by atomic mass is 9.50. The molecule has 3 unspecified atom stereocenters. The standard InChI is InChI=1S/C27H40O5/c1-17(2)9-7-13-26(5)14-8-10-22-21(26)12-11-18(3)27(22,6)16-23(31-19(4)28)20-15-24(29)32-25(20)30/h10,15,18,21,23,25,30H,1,7-9,11-14,16H2,2-6H3/t18?,21?,23-,25?,26-,27-/m1/s1. The Morgan fingerprint density at radius 1 is 1.34 bits per heavy atom. The Morgan fingerprint density at radius 3 is 2.66 bits per heavy atom. The summed E-state index contributed by atoms with van der Waals surface area (Å²) in [7, 11) is 0. The van der Waals surface area contributed by atoms with Crippen molar-refractivity contribution in [3.05, 3.63) is 35.5 Å². The second-order valence-electron chi connectivity index (χ2n) is 10.8. The third-order valence-electron chi connectivity index (χ3n) is 8.37. The first-order chi connectivity index (χ1) is 15.0. The predicted octanol–water partition coefficient (Wildman–Crippen LogP) is 5.64. The monoisotopic (exact) mass is 444 g/mol. The predicted molar refractivity (Wildman–Crippen MR) is 124 cm³/mol. The molecule has 0 aromatic rings. The van der Waals surface area contributed by atoms with Crippen LogP contribution < -0.4 is 0 Å². The van der Waals surface area contributed by atoms with Crippen LogP contribution in [-0.4, -0.2) is 29.4 Å². The average molecular weight is 445 g/mol. The molecule has 1 aliphatic heterocycles. The minimum Gasteiger partial charge on any atom is -0.458 e. The highest BCUT2D eigenvalue weighted by Gasteiger charge is 2.51. The SMILES string of the molecule is C=C(C)CCC[C@]1(C)CCC=C2C1CCC(C)[C@@]2(C)C[C@@H](OC(C)=O)C1=CC(=O)OC1O. The van der Waals surface area contributed by atoms with E-state index in [9.17, 15) is 14.7 Å². The van der Waals surface area contributed by atoms with E-state index in [-0.39, 0.29) is 10.8 Å². The second-order valence-corrected chi connectivity index (χ2v) is 10.8. The summed E-state index contributed by atoms with van der Waals surface area (Å²) in [6.45, 7) is 14.5. The van der Waals surface area contributed by atoms with Gasteiger partial charge >= 0.3 is 11.9 Å². The lowest BCUT2D eigenvalue weighted by molar-refractivity contribution is -0.154. The van der Waals surface area contributed by atoms with Crippen molar-refractivity contribution in [3.63, 3.8) is 0 Å². The minimum atomic E-state index is -1.35. The molecule has 6 atom stereocenters. The number of esters is 2. The molecule has 0 spiro atoms. The number of ether oxygens (including phenoxy) is 2. The van der Waals surface area contributed by atoms with E-state index < -0.39 is 24.3 Å². The number of rotatable bonds is 8. The van der Waals surface area contributed by atoms with Crippen LogP contribution in [0.4, 0.5) is 0 Å². The molecule has 0 bridgehead atoms. The van der Waals surface area contributed by atoms with Crippen molar-refractivity contribution in [2.24, 2.45) is 22.7 Å². The number of hydrogen-bond acceptors (Lipinski definition) is 5. The van der Waals surface area contributed by atoms with Crippen molar-refractivity contribution in [2.75, 3.05) is 0 Å². The van der Waals surface area contributed by atoms with Gasteiger partial charge in [-0.2, -0.15) is 0 Å². The topological polar surface area (TPSA) is 72.8 Å². The smallest absolute Gasteiger partial charge is 0.333 e. The molecular formula is C27H40O5. The van der Waals surface area contributed by atoms with Crippen LogP contribution in [0.5, 0.6) is 0 Å². The van der Waals surface area contributed by atoms with Crippen molar-refractivity contribution in [1.82, 2.24) is 0 Å². The molecule has 1 fully saturated rings. The maximum Gasteiger partial charge on any atom is 0.333 e. The first-order valence-corrected chi connectivity index (χ1v) is 12.1. The van der Waals surface area contributed by atoms with Gasteiger partial charge in [-0.3, -0.25) is 4.79 Å². The first kappa shape index (κ1) is 24.8. The number of aliphatic hydroxyl groups is 1. The second kappa shape index (κ2) is 9.54. The number of carbonyl (C=O) groups is 2. The van der Waals surface area contributed by atoms with E-state index in [0.717, 1.165) is 25.7 Å². The molecule has 32 heavy (non-hydrogen) atoms. The van der Waals surface area contributed by atoms with Gasteiger partial charge in [0.2, 0.25) is 6.29 Å². The van der Waals surface area contributed by atoms with E-state index in [2.05, 4.69) is 40.3 Å². The Labute approximate surface area is 192 Å². The highest BCUT2D eigenvalue weighted by atomic mass is 16.6. The van der Waals surface area contributed by atoms with Crippen LogP contribution >= 0.6 is 0 Å². The number of hydrogen-bond donors (Lipinski definition) is 1. The fraction of sp³-hybridized carbons (Fsp3) is 0.704. The molecule has 5 heteroatoms. The van der Waals surface area contributed by atoms with Crippen LogP contribution in [0.3, 0.4) is 0 Å². The fourth-order valence-corrected chi connectivity index (χ4v) is 6.30. The fourth-order valence-electron chi connectivity index (χ4n) is 6.30. The Hall–Kier alpha value is -1.88. The van der Waals surface area contributed by atoms with Crippen LogP contribution in [-0.2, 0) is 19.1 Å². The maximum atomic E-state index is 11.9. The van der Waals surface area contributed by atoms with Crippen molar-refractivity contribution >= 4 is 11.9 Å². The summed E-state index contributed by atoms with van der Waals surface area (Å²) in [4.78, 5) is 23.6. The van der Waals surface area contributed by atoms with Crippen LogP contribution in [0.25, 0.3) is 0 Å². The van der Waals surface area contributed by atoms with Gasteiger partial charge < -0.3 is 14.6 Å². The third-order valence-corrected chi connectivity index (χ3v) is 8.37. The van der Waals surface area contributed by atoms with Gasteiger partial charge in [0.1, 0.15) is 6.10 Å². The van der Waals surface area contributed by atoms with Gasteiger partial charge in [-0.05, 0) is 81.0 Å². The van der Waals surface area contributed by atoms with Gasteiger partial charge in [0.25, 0.3) is 0 Å². The van der Waals surface area contributed by atoms with E-state index in [1.165, 1.54) is 43.4 Å². The molecule has 2 aliphatic carbocycles. The van der Waals surface area contributed by atoms with Gasteiger partial charge in [-0.25, -0.2) is 4.79 Å². The van der Waals surface area contributed by atoms with E-state index in [1.807, 2.05) is 0 Å². The summed E-state index contributed by atoms with van der Waals surface area (Å²) < 4.78 is 10.6. The molecule has 0 saturated heterocycles. The molecule has 0 aromatic heterocycles. The van der Waals surface area contributed by atoms with Crippen LogP contribution in [0.2, 0.25) is 0 Å². The Balaban J connectivity index is 1.89. The minimum absolute atomic E-state index is 0.189. The van der Waals surface area contributed by atoms with E-state index in [0.29, 0.717) is 23.8 Å². The lowest BCUT2D eigenvalue weighted by Crippen LogP contribution is -2.46. The van der Waals surface area contributed by atoms with Gasteiger partial charge in [0.05, 0.1) is 0 Å². The largest absolute Gasteiger partial charge is 0.458 e. The first-order valence-electron chi connectivity index (χ1n) is 12.1. The summed E-state index contributed by atoms with van der Waals surface area (Å²) in [6, 6.07) is 0. The Kier molecular flexibility index (Phi) is 7.38. The quantitative estimate of drug-likeness (QED) is 0.388. The molecule has 3 rings (SSSR count). The zero-order valence-electron chi connectivity index (χ0n) is 20.4. The lowest BCUT2D eigenvalue weighted by Gasteiger charge is -2.54. The normalized spacial score (nSPS) is 35.3. The zero-order chi connectivity index (χ0) is 23.7. The zero-order valence-corrected chi connectivity index (χ0v) is 20.4. The van der Waals surface area contributed by atoms with Gasteiger partial charge in [-0.1, -0.05) is 38.0 Å². The van der Waals surface area contributed by atoms with Crippen molar-refractivity contribution in [3.8, 4) is 0 Å². The highest BCUT2D eigenvalue weighted by molar-refractivity contribution is 5.86. The van der Waals surface area contributed by atoms with Crippen molar-refractivity contribution in [2.45, 2.75) is 98.4 Å². The number of fused-ring (bicyclic) bond motifs is 1. The molecule has 1 saturated carbocycles. The molecule has 1 heterocycles. The number of carbonyl (C=O) groups excluding carboxylic acids is 2. The molecule has 0 aromatic carbocycles. The van der Waals surface area contributed by atoms with E-state index >= 15 is 0 Å². The van der Waals surface area contributed by atoms with E-state index in [4.69, 9.17) is 9.47 Å². The Bertz CT molecular complexity index is 824. The number of cyclic esters (lactones) is 1. The highest BCUT2D eigenvalue weighted by Crippen LogP contribution is 2.60. The maximum absolute atomic E-state index is 11.9. The number of allylic oxidation sites excluding steroid dienone is 3. The summed E-state index contributed by atoms with van der Waals surface area (Å²) in [6.07, 6.45) is 10.2. The molecule has 0 amide bonds. The number of aliphatic hydroxyl groups excluding tert-OH is 1. The molecule has 3 aliphatic rings. The van der Waals surface area contributed by atoms with Crippen molar-refractivity contribution in [1.29, 1.82) is 0 Å². The molecule has 1 N–H and O–H groups in total. The van der Waals surface area contributed by atoms with Crippen LogP contribution in [0.1, 0.15) is 86.0 Å². The average Bonchev–Trinajstić information content (AvgIpc) is 3.02. The third kappa shape index (κ3) is 5.03. The van der Waals surface area contributed by atoms with Gasteiger partial charge in [-0.15, -0.1) is 6.58 Å². The summed E-state index contributed by atoms with van der Waals surface area (Å²) in [5, 5.41) is 10.3.